The predicted octanol–water partition coefficient (Wildman–Crippen LogP) is 3.90. The minimum Gasteiger partial charge on any atom is -0.462 e. The van der Waals surface area contributed by atoms with Gasteiger partial charge in [-0.1, -0.05) is 23.5 Å². The minimum absolute atomic E-state index is 0.141. The summed E-state index contributed by atoms with van der Waals surface area (Å²) in [6.07, 6.45) is 1.47. The normalized spacial score (nSPS) is 10.8. The van der Waals surface area contributed by atoms with Crippen molar-refractivity contribution >= 4 is 28.3 Å². The molecule has 2 aromatic carbocycles. The molecule has 0 saturated carbocycles. The Kier molecular flexibility index (Phi) is 6.73. The maximum atomic E-state index is 13.6. The molecule has 0 aliphatic rings. The number of aryl methyl sites for hydroxylation is 2. The number of carbonyl (C=O) groups is 2. The first-order valence-electron chi connectivity index (χ1n) is 10.4. The molecule has 0 fully saturated rings. The molecule has 0 radical (unpaired) electrons. The van der Waals surface area contributed by atoms with Crippen molar-refractivity contribution in [3.63, 3.8) is 0 Å². The number of anilines is 1. The van der Waals surface area contributed by atoms with Gasteiger partial charge in [-0.3, -0.25) is 9.69 Å². The number of thiazole rings is 1. The molecule has 0 aliphatic carbocycles. The molecule has 4 aromatic rings. The first kappa shape index (κ1) is 23.2. The number of rotatable bonds is 7. The lowest BCUT2D eigenvalue weighted by Gasteiger charge is -2.21. The average molecular weight is 481 g/mol. The van der Waals surface area contributed by atoms with Crippen LogP contribution in [-0.2, 0) is 11.3 Å². The van der Waals surface area contributed by atoms with Crippen molar-refractivity contribution in [3.8, 4) is 5.69 Å². The van der Waals surface area contributed by atoms with Crippen LogP contribution < -0.4 is 4.90 Å². The molecule has 34 heavy (non-hydrogen) atoms. The summed E-state index contributed by atoms with van der Waals surface area (Å²) >= 11 is 1.08. The van der Waals surface area contributed by atoms with E-state index in [-0.39, 0.29) is 24.9 Å². The number of nitrogens with zero attached hydrogens (tertiary/aromatic N) is 6. The van der Waals surface area contributed by atoms with E-state index in [4.69, 9.17) is 4.74 Å². The minimum atomic E-state index is -0.487. The van der Waals surface area contributed by atoms with Crippen molar-refractivity contribution in [1.29, 1.82) is 0 Å². The molecule has 0 unspecified atom stereocenters. The largest absolute Gasteiger partial charge is 0.462 e. The fourth-order valence-corrected chi connectivity index (χ4v) is 4.31. The van der Waals surface area contributed by atoms with E-state index in [1.54, 1.807) is 44.2 Å². The first-order valence-corrected chi connectivity index (χ1v) is 11.2. The van der Waals surface area contributed by atoms with Crippen LogP contribution in [0.1, 0.15) is 43.8 Å². The van der Waals surface area contributed by atoms with Gasteiger partial charge in [-0.2, -0.15) is 0 Å². The summed E-state index contributed by atoms with van der Waals surface area (Å²) in [4.78, 5) is 32.2. The number of aromatic nitrogens is 5. The Morgan fingerprint density at radius 1 is 1.15 bits per heavy atom. The van der Waals surface area contributed by atoms with Gasteiger partial charge < -0.3 is 4.74 Å². The smallest absolute Gasteiger partial charge is 0.350 e. The molecule has 4 rings (SSSR count). The maximum Gasteiger partial charge on any atom is 0.350 e. The van der Waals surface area contributed by atoms with Gasteiger partial charge in [0.05, 0.1) is 24.5 Å². The fraction of sp³-hybridized carbons (Fsp3) is 0.217. The lowest BCUT2D eigenvalue weighted by atomic mass is 10.1. The Balaban J connectivity index is 1.71. The number of tetrazole rings is 1. The van der Waals surface area contributed by atoms with E-state index >= 15 is 0 Å². The van der Waals surface area contributed by atoms with E-state index in [2.05, 4.69) is 20.5 Å². The van der Waals surface area contributed by atoms with Crippen molar-refractivity contribution in [3.05, 3.63) is 81.9 Å². The summed E-state index contributed by atoms with van der Waals surface area (Å²) in [5, 5.41) is 11.5. The van der Waals surface area contributed by atoms with Crippen molar-refractivity contribution in [2.45, 2.75) is 27.3 Å². The van der Waals surface area contributed by atoms with Gasteiger partial charge in [-0.15, -0.1) is 5.10 Å². The van der Waals surface area contributed by atoms with Crippen LogP contribution >= 0.6 is 11.3 Å². The zero-order valence-electron chi connectivity index (χ0n) is 18.7. The Hall–Kier alpha value is -3.99. The number of halogens is 1. The molecular formula is C23H21FN6O3S. The zero-order chi connectivity index (χ0) is 24.2. The summed E-state index contributed by atoms with van der Waals surface area (Å²) < 4.78 is 20.0. The summed E-state index contributed by atoms with van der Waals surface area (Å²) in [5.41, 5.74) is 3.13. The topological polar surface area (TPSA) is 103 Å². The SMILES string of the molecule is CCOC(=O)c1sc(N(Cc2ccc(F)cc2)C(=O)c2ccc(-n3cnnn3)c(C)c2)nc1C. The van der Waals surface area contributed by atoms with Crippen LogP contribution in [0.4, 0.5) is 9.52 Å². The van der Waals surface area contributed by atoms with E-state index in [9.17, 15) is 14.0 Å². The van der Waals surface area contributed by atoms with E-state index in [1.807, 2.05) is 6.92 Å². The number of esters is 1. The standard InChI is InChI=1S/C23H21FN6O3S/c1-4-33-22(32)20-15(3)26-23(34-20)29(12-16-5-8-18(24)9-6-16)21(31)17-7-10-19(14(2)11-17)30-13-25-27-28-30/h5-11,13H,4,12H2,1-3H3. The van der Waals surface area contributed by atoms with Crippen molar-refractivity contribution in [2.24, 2.45) is 0 Å². The second-order valence-electron chi connectivity index (χ2n) is 7.40. The number of hydrogen-bond acceptors (Lipinski definition) is 8. The van der Waals surface area contributed by atoms with Gasteiger partial charge in [0.15, 0.2) is 5.13 Å². The Morgan fingerprint density at radius 2 is 1.91 bits per heavy atom. The third-order valence-corrected chi connectivity index (χ3v) is 6.18. The van der Waals surface area contributed by atoms with E-state index in [0.717, 1.165) is 22.6 Å². The summed E-state index contributed by atoms with van der Waals surface area (Å²) in [6.45, 7) is 5.64. The molecule has 0 bridgehead atoms. The third kappa shape index (κ3) is 4.84. The van der Waals surface area contributed by atoms with Gasteiger partial charge in [0.25, 0.3) is 5.91 Å². The van der Waals surface area contributed by atoms with Gasteiger partial charge in [0, 0.05) is 5.56 Å². The lowest BCUT2D eigenvalue weighted by Crippen LogP contribution is -2.30. The van der Waals surface area contributed by atoms with Crippen molar-refractivity contribution < 1.29 is 18.7 Å². The second-order valence-corrected chi connectivity index (χ2v) is 8.38. The highest BCUT2D eigenvalue weighted by atomic mass is 32.1. The molecule has 174 valence electrons. The van der Waals surface area contributed by atoms with Crippen LogP contribution in [0, 0.1) is 19.7 Å². The molecule has 1 amide bonds. The van der Waals surface area contributed by atoms with Gasteiger partial charge in [0.2, 0.25) is 0 Å². The monoisotopic (exact) mass is 480 g/mol. The average Bonchev–Trinajstić information content (AvgIpc) is 3.48. The Morgan fingerprint density at radius 3 is 2.56 bits per heavy atom. The van der Waals surface area contributed by atoms with Crippen LogP contribution in [0.2, 0.25) is 0 Å². The molecule has 0 N–H and O–H groups in total. The number of carbonyl (C=O) groups excluding carboxylic acids is 2. The molecule has 2 heterocycles. The number of benzene rings is 2. The van der Waals surface area contributed by atoms with Gasteiger partial charge in [-0.25, -0.2) is 18.9 Å². The molecule has 0 saturated heterocycles. The van der Waals surface area contributed by atoms with Crippen LogP contribution in [0.3, 0.4) is 0 Å². The number of ether oxygens (including phenoxy) is 1. The molecule has 9 nitrogen and oxygen atoms in total. The Bertz CT molecular complexity index is 1320. The Labute approximate surface area is 198 Å². The molecule has 0 atom stereocenters. The second kappa shape index (κ2) is 9.87. The molecule has 11 heteroatoms. The molecule has 0 spiro atoms. The summed E-state index contributed by atoms with van der Waals surface area (Å²) in [6, 6.07) is 11.1. The highest BCUT2D eigenvalue weighted by Crippen LogP contribution is 2.30. The molecule has 0 aliphatic heterocycles. The van der Waals surface area contributed by atoms with Crippen molar-refractivity contribution in [2.75, 3.05) is 11.5 Å². The first-order chi connectivity index (χ1) is 16.4. The summed E-state index contributed by atoms with van der Waals surface area (Å²) in [5.74, 6) is -1.18. The van der Waals surface area contributed by atoms with Crippen LogP contribution in [0.5, 0.6) is 0 Å². The van der Waals surface area contributed by atoms with Crippen LogP contribution in [0.15, 0.2) is 48.8 Å². The van der Waals surface area contributed by atoms with E-state index in [0.29, 0.717) is 26.8 Å². The molecule has 2 aromatic heterocycles. The van der Waals surface area contributed by atoms with Gasteiger partial charge in [-0.05, 0) is 72.7 Å². The van der Waals surface area contributed by atoms with Gasteiger partial charge in [0.1, 0.15) is 17.0 Å². The fourth-order valence-electron chi connectivity index (χ4n) is 3.36. The van der Waals surface area contributed by atoms with Gasteiger partial charge >= 0.3 is 5.97 Å². The number of hydrogen-bond donors (Lipinski definition) is 0. The molecular weight excluding hydrogens is 459 g/mol. The predicted molar refractivity (Wildman–Crippen MR) is 124 cm³/mol. The zero-order valence-corrected chi connectivity index (χ0v) is 19.5. The van der Waals surface area contributed by atoms with Crippen molar-refractivity contribution in [1.82, 2.24) is 25.2 Å². The summed E-state index contributed by atoms with van der Waals surface area (Å²) in [7, 11) is 0. The van der Waals surface area contributed by atoms with E-state index < -0.39 is 5.97 Å². The van der Waals surface area contributed by atoms with Crippen LogP contribution in [-0.4, -0.2) is 43.7 Å². The maximum absolute atomic E-state index is 13.6. The highest BCUT2D eigenvalue weighted by Gasteiger charge is 2.25. The third-order valence-electron chi connectivity index (χ3n) is 5.02. The quantitative estimate of drug-likeness (QED) is 0.370. The van der Waals surface area contributed by atoms with E-state index in [1.165, 1.54) is 28.0 Å². The van der Waals surface area contributed by atoms with Crippen LogP contribution in [0.25, 0.3) is 5.69 Å². The lowest BCUT2D eigenvalue weighted by molar-refractivity contribution is 0.0531. The highest BCUT2D eigenvalue weighted by molar-refractivity contribution is 7.17. The number of amides is 1.